The van der Waals surface area contributed by atoms with Gasteiger partial charge in [-0.25, -0.2) is 8.42 Å². The molecule has 1 aromatic rings. The van der Waals surface area contributed by atoms with Crippen LogP contribution in [0.3, 0.4) is 0 Å². The molecule has 1 aliphatic carbocycles. The summed E-state index contributed by atoms with van der Waals surface area (Å²) in [6.07, 6.45) is 4.04. The Hall–Kier alpha value is -2.19. The van der Waals surface area contributed by atoms with Crippen LogP contribution in [0.5, 0.6) is 0 Å². The number of carbonyl (C=O) groups excluding carboxylic acids is 2. The maximum absolute atomic E-state index is 13.6. The second kappa shape index (κ2) is 8.87. The van der Waals surface area contributed by atoms with E-state index in [9.17, 15) is 18.0 Å². The van der Waals surface area contributed by atoms with Crippen molar-refractivity contribution < 1.29 is 18.0 Å². The smallest absolute Gasteiger partial charge is 0.246 e. The molecule has 0 radical (unpaired) electrons. The molecule has 1 saturated heterocycles. The lowest BCUT2D eigenvalue weighted by Crippen LogP contribution is -2.63. The minimum absolute atomic E-state index is 0.164. The van der Waals surface area contributed by atoms with Crippen LogP contribution in [0.15, 0.2) is 41.8 Å². The van der Waals surface area contributed by atoms with Crippen LogP contribution in [0.25, 0.3) is 0 Å². The highest BCUT2D eigenvalue weighted by Crippen LogP contribution is 2.55. The molecule has 1 aliphatic heterocycles. The first-order valence-corrected chi connectivity index (χ1v) is 13.0. The minimum Gasteiger partial charge on any atom is -0.349 e. The van der Waals surface area contributed by atoms with Crippen LogP contribution < -0.4 is 10.6 Å². The fourth-order valence-electron chi connectivity index (χ4n) is 5.50. The van der Waals surface area contributed by atoms with Crippen molar-refractivity contribution in [3.63, 3.8) is 0 Å². The van der Waals surface area contributed by atoms with E-state index in [0.29, 0.717) is 38.8 Å². The third kappa shape index (κ3) is 5.17. The summed E-state index contributed by atoms with van der Waals surface area (Å²) < 4.78 is 28.2. The van der Waals surface area contributed by atoms with Crippen molar-refractivity contribution in [2.75, 3.05) is 13.1 Å². The molecule has 2 amide bonds. The molecule has 3 atom stereocenters. The third-order valence-electron chi connectivity index (χ3n) is 6.84. The zero-order chi connectivity index (χ0) is 24.7. The highest BCUT2D eigenvalue weighted by Gasteiger charge is 2.61. The first-order chi connectivity index (χ1) is 15.2. The highest BCUT2D eigenvalue weighted by molar-refractivity contribution is 7.89. The molecule has 0 bridgehead atoms. The second-order valence-corrected chi connectivity index (χ2v) is 12.8. The van der Waals surface area contributed by atoms with Gasteiger partial charge in [0.1, 0.15) is 5.54 Å². The van der Waals surface area contributed by atoms with Gasteiger partial charge in [-0.1, -0.05) is 23.8 Å². The predicted molar refractivity (Wildman–Crippen MR) is 129 cm³/mol. The number of benzene rings is 1. The second-order valence-electron chi connectivity index (χ2n) is 10.9. The summed E-state index contributed by atoms with van der Waals surface area (Å²) in [5, 5.41) is 6.04. The topological polar surface area (TPSA) is 95.6 Å². The van der Waals surface area contributed by atoms with Crippen LogP contribution in [0.4, 0.5) is 0 Å². The highest BCUT2D eigenvalue weighted by atomic mass is 32.2. The van der Waals surface area contributed by atoms with E-state index in [0.717, 1.165) is 5.56 Å². The minimum atomic E-state index is -3.63. The lowest BCUT2D eigenvalue weighted by atomic mass is 9.81. The Balaban J connectivity index is 1.94. The van der Waals surface area contributed by atoms with E-state index in [1.54, 1.807) is 30.3 Å². The molecular weight excluding hydrogens is 438 g/mol. The van der Waals surface area contributed by atoms with Gasteiger partial charge in [-0.3, -0.25) is 9.59 Å². The lowest BCUT2D eigenvalue weighted by Gasteiger charge is -2.37. The largest absolute Gasteiger partial charge is 0.349 e. The quantitative estimate of drug-likeness (QED) is 0.618. The molecule has 1 saturated carbocycles. The SMILES string of the molecule is C=CCC1CC2(CCN(S(=O)(=O)c3ccc(C)cc3)C2)CC1(NC(C)=O)C(=O)NC(C)(C)C. The normalized spacial score (nSPS) is 28.1. The monoisotopic (exact) mass is 475 g/mol. The summed E-state index contributed by atoms with van der Waals surface area (Å²) in [6.45, 7) is 13.7. The van der Waals surface area contributed by atoms with E-state index in [2.05, 4.69) is 17.2 Å². The van der Waals surface area contributed by atoms with Gasteiger partial charge >= 0.3 is 0 Å². The average Bonchev–Trinajstić information content (AvgIpc) is 3.23. The van der Waals surface area contributed by atoms with Crippen LogP contribution in [0, 0.1) is 18.3 Å². The molecule has 3 rings (SSSR count). The van der Waals surface area contributed by atoms with Crippen LogP contribution in [0.2, 0.25) is 0 Å². The van der Waals surface area contributed by atoms with Gasteiger partial charge in [0.05, 0.1) is 4.90 Å². The number of nitrogens with one attached hydrogen (secondary N) is 2. The fraction of sp³-hybridized carbons (Fsp3) is 0.600. The van der Waals surface area contributed by atoms with E-state index in [1.165, 1.54) is 11.2 Å². The lowest BCUT2D eigenvalue weighted by molar-refractivity contribution is -0.135. The molecule has 2 fully saturated rings. The zero-order valence-electron chi connectivity index (χ0n) is 20.4. The van der Waals surface area contributed by atoms with E-state index in [1.807, 2.05) is 27.7 Å². The molecule has 7 nitrogen and oxygen atoms in total. The summed E-state index contributed by atoms with van der Waals surface area (Å²) in [4.78, 5) is 26.1. The molecular formula is C25H37N3O4S. The number of sulfonamides is 1. The number of rotatable bonds is 6. The predicted octanol–water partition coefficient (Wildman–Crippen LogP) is 3.15. The number of hydrogen-bond donors (Lipinski definition) is 2. The Labute approximate surface area is 198 Å². The summed E-state index contributed by atoms with van der Waals surface area (Å²) in [5.41, 5.74) is -0.951. The number of aryl methyl sites for hydroxylation is 1. The fourth-order valence-corrected chi connectivity index (χ4v) is 7.05. The number of carbonyl (C=O) groups is 2. The summed E-state index contributed by atoms with van der Waals surface area (Å²) in [5.74, 6) is -0.649. The number of amides is 2. The van der Waals surface area contributed by atoms with E-state index in [4.69, 9.17) is 0 Å². The van der Waals surface area contributed by atoms with Gasteiger partial charge in [0.15, 0.2) is 0 Å². The van der Waals surface area contributed by atoms with Crippen LogP contribution in [-0.4, -0.2) is 48.7 Å². The van der Waals surface area contributed by atoms with Gasteiger partial charge in [-0.15, -0.1) is 6.58 Å². The van der Waals surface area contributed by atoms with Gasteiger partial charge in [0, 0.05) is 25.6 Å². The van der Waals surface area contributed by atoms with Gasteiger partial charge in [-0.05, 0) is 76.8 Å². The number of nitrogens with zero attached hydrogens (tertiary/aromatic N) is 1. The summed E-state index contributed by atoms with van der Waals surface area (Å²) >= 11 is 0. The molecule has 1 aromatic carbocycles. The maximum Gasteiger partial charge on any atom is 0.246 e. The zero-order valence-corrected chi connectivity index (χ0v) is 21.2. The number of hydrogen-bond acceptors (Lipinski definition) is 4. The van der Waals surface area contributed by atoms with Gasteiger partial charge in [-0.2, -0.15) is 4.31 Å². The van der Waals surface area contributed by atoms with E-state index in [-0.39, 0.29) is 28.0 Å². The summed E-state index contributed by atoms with van der Waals surface area (Å²) in [6, 6.07) is 6.88. The van der Waals surface area contributed by atoms with Crippen molar-refractivity contribution in [1.29, 1.82) is 0 Å². The first-order valence-electron chi connectivity index (χ1n) is 11.5. The Morgan fingerprint density at radius 1 is 1.24 bits per heavy atom. The molecule has 3 unspecified atom stereocenters. The maximum atomic E-state index is 13.6. The van der Waals surface area contributed by atoms with Crippen LogP contribution >= 0.6 is 0 Å². The molecule has 33 heavy (non-hydrogen) atoms. The van der Waals surface area contributed by atoms with Gasteiger partial charge in [0.25, 0.3) is 0 Å². The molecule has 2 N–H and O–H groups in total. The van der Waals surface area contributed by atoms with Gasteiger partial charge < -0.3 is 10.6 Å². The van der Waals surface area contributed by atoms with Gasteiger partial charge in [0.2, 0.25) is 21.8 Å². The van der Waals surface area contributed by atoms with E-state index < -0.39 is 21.1 Å². The van der Waals surface area contributed by atoms with E-state index >= 15 is 0 Å². The first kappa shape index (κ1) is 25.4. The standard InChI is InChI=1S/C25H37N3O4S/c1-7-8-20-15-24(16-25(20,26-19(3)29)22(30)27-23(4,5)6)13-14-28(17-24)33(31,32)21-11-9-18(2)10-12-21/h7,9-12,20H,1,8,13-17H2,2-6H3,(H,26,29)(H,27,30). The Kier molecular flexibility index (Phi) is 6.84. The molecule has 0 aromatic heterocycles. The Morgan fingerprint density at radius 2 is 1.88 bits per heavy atom. The average molecular weight is 476 g/mol. The summed E-state index contributed by atoms with van der Waals surface area (Å²) in [7, 11) is -3.63. The van der Waals surface area contributed by atoms with Crippen LogP contribution in [0.1, 0.15) is 58.9 Å². The Bertz CT molecular complexity index is 1030. The van der Waals surface area contributed by atoms with Crippen molar-refractivity contribution >= 4 is 21.8 Å². The van der Waals surface area contributed by atoms with Crippen molar-refractivity contribution in [1.82, 2.24) is 14.9 Å². The van der Waals surface area contributed by atoms with Crippen LogP contribution in [-0.2, 0) is 19.6 Å². The van der Waals surface area contributed by atoms with Crippen molar-refractivity contribution in [2.45, 2.75) is 76.3 Å². The van der Waals surface area contributed by atoms with Crippen molar-refractivity contribution in [2.24, 2.45) is 11.3 Å². The molecule has 1 heterocycles. The molecule has 2 aliphatic rings. The third-order valence-corrected chi connectivity index (χ3v) is 8.70. The number of allylic oxidation sites excluding steroid dienone is 1. The molecule has 1 spiro atoms. The molecule has 182 valence electrons. The van der Waals surface area contributed by atoms with Crippen molar-refractivity contribution in [3.05, 3.63) is 42.5 Å². The van der Waals surface area contributed by atoms with Crippen molar-refractivity contribution in [3.8, 4) is 0 Å². The molecule has 8 heteroatoms. The Morgan fingerprint density at radius 3 is 2.42 bits per heavy atom.